The molecule has 0 fully saturated rings. The average molecular weight is 383 g/mol. The highest BCUT2D eigenvalue weighted by atomic mass is 32.1. The van der Waals surface area contributed by atoms with Gasteiger partial charge in [0.1, 0.15) is 17.2 Å². The Hall–Kier alpha value is -3.06. The van der Waals surface area contributed by atoms with E-state index in [4.69, 9.17) is 9.47 Å². The number of anilines is 3. The molecule has 0 aliphatic heterocycles. The summed E-state index contributed by atoms with van der Waals surface area (Å²) in [4.78, 5) is 16.9. The van der Waals surface area contributed by atoms with Crippen LogP contribution < -0.4 is 20.1 Å². The number of benzene rings is 2. The van der Waals surface area contributed by atoms with Crippen molar-refractivity contribution in [1.29, 1.82) is 0 Å². The van der Waals surface area contributed by atoms with Gasteiger partial charge in [0.2, 0.25) is 0 Å². The van der Waals surface area contributed by atoms with Crippen LogP contribution in [0.2, 0.25) is 0 Å². The molecule has 2 N–H and O–H groups in total. The molecule has 0 aliphatic carbocycles. The largest absolute Gasteiger partial charge is 0.495 e. The van der Waals surface area contributed by atoms with E-state index in [0.717, 1.165) is 17.0 Å². The Bertz CT molecular complexity index is 922. The van der Waals surface area contributed by atoms with E-state index < -0.39 is 0 Å². The van der Waals surface area contributed by atoms with Crippen LogP contribution in [0.4, 0.5) is 16.5 Å². The Morgan fingerprint density at radius 2 is 1.96 bits per heavy atom. The lowest BCUT2D eigenvalue weighted by molar-refractivity contribution is 0.102. The molecule has 140 valence electrons. The molecule has 3 aromatic rings. The fourth-order valence-electron chi connectivity index (χ4n) is 2.47. The van der Waals surface area contributed by atoms with Crippen molar-refractivity contribution in [2.45, 2.75) is 13.8 Å². The summed E-state index contributed by atoms with van der Waals surface area (Å²) < 4.78 is 10.7. The molecule has 7 heteroatoms. The van der Waals surface area contributed by atoms with E-state index in [2.05, 4.69) is 15.6 Å². The maximum atomic E-state index is 12.5. The minimum atomic E-state index is -0.283. The summed E-state index contributed by atoms with van der Waals surface area (Å²) in [6.45, 7) is 4.53. The van der Waals surface area contributed by atoms with Gasteiger partial charge >= 0.3 is 0 Å². The molecule has 1 aromatic heterocycles. The molecule has 0 radical (unpaired) electrons. The van der Waals surface area contributed by atoms with Crippen LogP contribution in [0.5, 0.6) is 11.5 Å². The van der Waals surface area contributed by atoms with Crippen molar-refractivity contribution in [3.05, 3.63) is 59.1 Å². The summed E-state index contributed by atoms with van der Waals surface area (Å²) in [6.07, 6.45) is 0. The summed E-state index contributed by atoms with van der Waals surface area (Å²) in [7, 11) is 1.57. The Balaban J connectivity index is 1.68. The lowest BCUT2D eigenvalue weighted by Gasteiger charge is -2.10. The van der Waals surface area contributed by atoms with Crippen molar-refractivity contribution >= 4 is 33.8 Å². The molecule has 27 heavy (non-hydrogen) atoms. The van der Waals surface area contributed by atoms with Gasteiger partial charge in [-0.1, -0.05) is 6.07 Å². The second-order valence-corrected chi connectivity index (χ2v) is 6.64. The van der Waals surface area contributed by atoms with Crippen LogP contribution in [0, 0.1) is 6.92 Å². The molecule has 1 heterocycles. The first kappa shape index (κ1) is 18.7. The van der Waals surface area contributed by atoms with Crippen LogP contribution in [0.15, 0.2) is 47.8 Å². The summed E-state index contributed by atoms with van der Waals surface area (Å²) >= 11 is 1.37. The number of nitrogens with zero attached hydrogens (tertiary/aromatic N) is 1. The zero-order chi connectivity index (χ0) is 19.2. The number of aryl methyl sites for hydroxylation is 1. The van der Waals surface area contributed by atoms with E-state index in [0.29, 0.717) is 28.9 Å². The van der Waals surface area contributed by atoms with E-state index >= 15 is 0 Å². The van der Waals surface area contributed by atoms with E-state index in [1.54, 1.807) is 12.5 Å². The molecule has 3 rings (SSSR count). The lowest BCUT2D eigenvalue weighted by Crippen LogP contribution is -2.13. The first-order chi connectivity index (χ1) is 13.1. The lowest BCUT2D eigenvalue weighted by atomic mass is 10.2. The van der Waals surface area contributed by atoms with E-state index in [9.17, 15) is 4.79 Å². The Morgan fingerprint density at radius 3 is 2.67 bits per heavy atom. The molecule has 0 saturated heterocycles. The molecule has 6 nitrogen and oxygen atoms in total. The number of hydrogen-bond acceptors (Lipinski definition) is 6. The van der Waals surface area contributed by atoms with Crippen LogP contribution >= 0.6 is 11.3 Å². The van der Waals surface area contributed by atoms with Crippen LogP contribution in [-0.2, 0) is 0 Å². The zero-order valence-electron chi connectivity index (χ0n) is 15.4. The smallest absolute Gasteiger partial charge is 0.275 e. The molecule has 0 bridgehead atoms. The van der Waals surface area contributed by atoms with Gasteiger partial charge in [-0.3, -0.25) is 4.79 Å². The van der Waals surface area contributed by atoms with Gasteiger partial charge in [-0.25, -0.2) is 4.98 Å². The highest BCUT2D eigenvalue weighted by Crippen LogP contribution is 2.27. The number of rotatable bonds is 7. The van der Waals surface area contributed by atoms with Gasteiger partial charge in [0, 0.05) is 11.1 Å². The summed E-state index contributed by atoms with van der Waals surface area (Å²) in [5.41, 5.74) is 2.87. The fourth-order valence-corrected chi connectivity index (χ4v) is 3.18. The van der Waals surface area contributed by atoms with Gasteiger partial charge in [0.15, 0.2) is 5.13 Å². The Kier molecular flexibility index (Phi) is 5.93. The highest BCUT2D eigenvalue weighted by Gasteiger charge is 2.14. The molecule has 0 saturated carbocycles. The number of methoxy groups -OCH3 is 1. The van der Waals surface area contributed by atoms with Crippen LogP contribution in [0.3, 0.4) is 0 Å². The molecule has 1 amide bonds. The average Bonchev–Trinajstić information content (AvgIpc) is 3.12. The van der Waals surface area contributed by atoms with Crippen molar-refractivity contribution in [2.24, 2.45) is 0 Å². The summed E-state index contributed by atoms with van der Waals surface area (Å²) in [5, 5.41) is 8.40. The van der Waals surface area contributed by atoms with Crippen molar-refractivity contribution < 1.29 is 14.3 Å². The Morgan fingerprint density at radius 1 is 1.19 bits per heavy atom. The first-order valence-corrected chi connectivity index (χ1v) is 9.38. The number of thiazole rings is 1. The highest BCUT2D eigenvalue weighted by molar-refractivity contribution is 7.14. The topological polar surface area (TPSA) is 72.5 Å². The first-order valence-electron chi connectivity index (χ1n) is 8.50. The predicted octanol–water partition coefficient (Wildman–Crippen LogP) is 4.85. The molecular formula is C20H21N3O3S. The van der Waals surface area contributed by atoms with Gasteiger partial charge in [-0.05, 0) is 55.8 Å². The van der Waals surface area contributed by atoms with Gasteiger partial charge in [-0.2, -0.15) is 0 Å². The van der Waals surface area contributed by atoms with E-state index in [-0.39, 0.29) is 5.91 Å². The fraction of sp³-hybridized carbons (Fsp3) is 0.200. The number of amides is 1. The number of hydrogen-bond donors (Lipinski definition) is 2. The van der Waals surface area contributed by atoms with Gasteiger partial charge in [0.05, 0.1) is 19.4 Å². The van der Waals surface area contributed by atoms with Crippen molar-refractivity contribution in [2.75, 3.05) is 24.4 Å². The monoisotopic (exact) mass is 383 g/mol. The molecule has 0 unspecified atom stereocenters. The maximum absolute atomic E-state index is 12.5. The second-order valence-electron chi connectivity index (χ2n) is 5.78. The third kappa shape index (κ3) is 4.77. The van der Waals surface area contributed by atoms with Gasteiger partial charge in [0.25, 0.3) is 5.91 Å². The van der Waals surface area contributed by atoms with Gasteiger partial charge in [-0.15, -0.1) is 11.3 Å². The van der Waals surface area contributed by atoms with Crippen molar-refractivity contribution in [3.63, 3.8) is 0 Å². The summed E-state index contributed by atoms with van der Waals surface area (Å²) in [6, 6.07) is 13.2. The third-order valence-corrected chi connectivity index (χ3v) is 4.51. The second kappa shape index (κ2) is 8.55. The molecule has 0 spiro atoms. The zero-order valence-corrected chi connectivity index (χ0v) is 16.2. The molecule has 0 aliphatic rings. The normalized spacial score (nSPS) is 10.3. The van der Waals surface area contributed by atoms with Crippen LogP contribution in [0.25, 0.3) is 0 Å². The van der Waals surface area contributed by atoms with E-state index in [1.807, 2.05) is 56.3 Å². The van der Waals surface area contributed by atoms with Crippen molar-refractivity contribution in [1.82, 2.24) is 4.98 Å². The van der Waals surface area contributed by atoms with Crippen LogP contribution in [0.1, 0.15) is 23.0 Å². The number of aromatic nitrogens is 1. The third-order valence-electron chi connectivity index (χ3n) is 3.76. The standard InChI is InChI=1S/C20H21N3O3S/c1-4-26-15-8-6-14(7-9-15)21-20-23-17(12-27-20)19(24)22-16-11-13(2)5-10-18(16)25-3/h5-12H,4H2,1-3H3,(H,21,23)(H,22,24). The quantitative estimate of drug-likeness (QED) is 0.610. The Labute approximate surface area is 162 Å². The van der Waals surface area contributed by atoms with Gasteiger partial charge < -0.3 is 20.1 Å². The maximum Gasteiger partial charge on any atom is 0.275 e. The number of carbonyl (C=O) groups is 1. The van der Waals surface area contributed by atoms with Crippen molar-refractivity contribution in [3.8, 4) is 11.5 Å². The molecular weight excluding hydrogens is 362 g/mol. The minimum Gasteiger partial charge on any atom is -0.495 e. The van der Waals surface area contributed by atoms with E-state index in [1.165, 1.54) is 11.3 Å². The number of nitrogens with one attached hydrogen (secondary N) is 2. The van der Waals surface area contributed by atoms with Crippen LogP contribution in [-0.4, -0.2) is 24.6 Å². The molecule has 2 aromatic carbocycles. The summed E-state index contributed by atoms with van der Waals surface area (Å²) in [5.74, 6) is 1.14. The number of ether oxygens (including phenoxy) is 2. The SMILES string of the molecule is CCOc1ccc(Nc2nc(C(=O)Nc3cc(C)ccc3OC)cs2)cc1. The predicted molar refractivity (Wildman–Crippen MR) is 109 cm³/mol. The number of carbonyl (C=O) groups excluding carboxylic acids is 1. The molecule has 0 atom stereocenters. The minimum absolute atomic E-state index is 0.283.